The second kappa shape index (κ2) is 5.73. The van der Waals surface area contributed by atoms with E-state index in [1.807, 2.05) is 0 Å². The number of phenols is 1. The zero-order valence-corrected chi connectivity index (χ0v) is 11.4. The van der Waals surface area contributed by atoms with Gasteiger partial charge in [-0.3, -0.25) is 0 Å². The maximum absolute atomic E-state index is 10.0. The maximum Gasteiger partial charge on any atom is 0.261 e. The molecule has 0 radical (unpaired) electrons. The minimum Gasteiger partial charge on any atom is -0.504 e. The van der Waals surface area contributed by atoms with Crippen LogP contribution in [0, 0.1) is 5.92 Å². The predicted octanol–water partition coefficient (Wildman–Crippen LogP) is 3.04. The van der Waals surface area contributed by atoms with Gasteiger partial charge in [-0.15, -0.1) is 0 Å². The van der Waals surface area contributed by atoms with Crippen molar-refractivity contribution in [2.75, 3.05) is 7.11 Å². The number of aryl methyl sites for hydroxylation is 1. The van der Waals surface area contributed by atoms with E-state index >= 15 is 0 Å². The van der Waals surface area contributed by atoms with E-state index in [0.717, 1.165) is 12.8 Å². The van der Waals surface area contributed by atoms with E-state index in [0.29, 0.717) is 28.9 Å². The molecule has 5 nitrogen and oxygen atoms in total. The molecular formula is C14H18N2O3. The van der Waals surface area contributed by atoms with Gasteiger partial charge in [0.1, 0.15) is 0 Å². The first kappa shape index (κ1) is 13.4. The molecule has 0 aliphatic rings. The van der Waals surface area contributed by atoms with Gasteiger partial charge in [-0.2, -0.15) is 4.98 Å². The van der Waals surface area contributed by atoms with Crippen LogP contribution in [0.2, 0.25) is 0 Å². The Labute approximate surface area is 112 Å². The van der Waals surface area contributed by atoms with Crippen LogP contribution in [0.15, 0.2) is 22.7 Å². The van der Waals surface area contributed by atoms with E-state index in [9.17, 15) is 5.11 Å². The molecule has 1 aromatic heterocycles. The van der Waals surface area contributed by atoms with Crippen LogP contribution in [0.5, 0.6) is 11.5 Å². The first-order valence-electron chi connectivity index (χ1n) is 6.30. The minimum atomic E-state index is 0.0176. The van der Waals surface area contributed by atoms with Crippen molar-refractivity contribution < 1.29 is 14.4 Å². The largest absolute Gasteiger partial charge is 0.504 e. The quantitative estimate of drug-likeness (QED) is 0.897. The van der Waals surface area contributed by atoms with Gasteiger partial charge in [0.05, 0.1) is 12.7 Å². The van der Waals surface area contributed by atoms with Crippen LogP contribution < -0.4 is 4.74 Å². The maximum atomic E-state index is 10.0. The summed E-state index contributed by atoms with van der Waals surface area (Å²) >= 11 is 0. The summed E-state index contributed by atoms with van der Waals surface area (Å²) in [6.07, 6.45) is 1.77. The van der Waals surface area contributed by atoms with Crippen molar-refractivity contribution in [3.63, 3.8) is 0 Å². The van der Waals surface area contributed by atoms with Gasteiger partial charge in [-0.05, 0) is 24.5 Å². The van der Waals surface area contributed by atoms with E-state index < -0.39 is 0 Å². The Kier molecular flexibility index (Phi) is 4.04. The normalized spacial score (nSPS) is 10.9. The Morgan fingerprint density at radius 1 is 1.37 bits per heavy atom. The minimum absolute atomic E-state index is 0.0176. The van der Waals surface area contributed by atoms with Crippen LogP contribution in [-0.4, -0.2) is 22.4 Å². The summed E-state index contributed by atoms with van der Waals surface area (Å²) in [6.45, 7) is 4.30. The number of nitrogens with zero attached hydrogens (tertiary/aromatic N) is 2. The number of para-hydroxylation sites is 1. The second-order valence-electron chi connectivity index (χ2n) is 4.80. The van der Waals surface area contributed by atoms with Crippen molar-refractivity contribution in [3.8, 4) is 23.0 Å². The Balaban J connectivity index is 2.23. The predicted molar refractivity (Wildman–Crippen MR) is 71.1 cm³/mol. The lowest BCUT2D eigenvalue weighted by Gasteiger charge is -2.04. The van der Waals surface area contributed by atoms with Crippen LogP contribution in [0.3, 0.4) is 0 Å². The fraction of sp³-hybridized carbons (Fsp3) is 0.429. The van der Waals surface area contributed by atoms with Crippen LogP contribution in [-0.2, 0) is 6.42 Å². The number of benzene rings is 1. The molecule has 0 unspecified atom stereocenters. The second-order valence-corrected chi connectivity index (χ2v) is 4.80. The zero-order chi connectivity index (χ0) is 13.8. The lowest BCUT2D eigenvalue weighted by atomic mass is 10.1. The van der Waals surface area contributed by atoms with Gasteiger partial charge in [0.25, 0.3) is 5.89 Å². The Morgan fingerprint density at radius 3 is 2.84 bits per heavy atom. The highest BCUT2D eigenvalue weighted by Gasteiger charge is 2.15. The average Bonchev–Trinajstić information content (AvgIpc) is 2.85. The number of rotatable bonds is 5. The first-order valence-corrected chi connectivity index (χ1v) is 6.30. The highest BCUT2D eigenvalue weighted by Crippen LogP contribution is 2.35. The molecule has 2 aromatic rings. The third-order valence-electron chi connectivity index (χ3n) is 2.86. The smallest absolute Gasteiger partial charge is 0.261 e. The average molecular weight is 262 g/mol. The molecule has 1 N–H and O–H groups in total. The fourth-order valence-corrected chi connectivity index (χ4v) is 1.74. The zero-order valence-electron chi connectivity index (χ0n) is 11.4. The Bertz CT molecular complexity index is 549. The van der Waals surface area contributed by atoms with Crippen LogP contribution in [0.25, 0.3) is 11.5 Å². The van der Waals surface area contributed by atoms with E-state index in [4.69, 9.17) is 9.26 Å². The summed E-state index contributed by atoms with van der Waals surface area (Å²) in [5, 5.41) is 13.9. The van der Waals surface area contributed by atoms with Crippen molar-refractivity contribution in [1.82, 2.24) is 10.1 Å². The number of hydrogen-bond donors (Lipinski definition) is 1. The summed E-state index contributed by atoms with van der Waals surface area (Å²) in [7, 11) is 1.50. The number of phenolic OH excluding ortho intramolecular Hbond substituents is 1. The molecule has 0 atom stereocenters. The molecule has 102 valence electrons. The number of methoxy groups -OCH3 is 1. The van der Waals surface area contributed by atoms with Gasteiger partial charge in [0.15, 0.2) is 17.3 Å². The third kappa shape index (κ3) is 3.05. The van der Waals surface area contributed by atoms with E-state index in [1.54, 1.807) is 18.2 Å². The first-order chi connectivity index (χ1) is 9.11. The lowest BCUT2D eigenvalue weighted by Crippen LogP contribution is -1.94. The van der Waals surface area contributed by atoms with Crippen molar-refractivity contribution in [2.45, 2.75) is 26.7 Å². The summed E-state index contributed by atoms with van der Waals surface area (Å²) in [6, 6.07) is 5.17. The molecule has 0 saturated heterocycles. The number of hydrogen-bond acceptors (Lipinski definition) is 5. The van der Waals surface area contributed by atoms with Gasteiger partial charge in [0, 0.05) is 6.42 Å². The molecule has 0 aliphatic heterocycles. The SMILES string of the molecule is COc1cccc(-c2nc(CCC(C)C)no2)c1O. The molecular weight excluding hydrogens is 244 g/mol. The molecule has 19 heavy (non-hydrogen) atoms. The van der Waals surface area contributed by atoms with Crippen LogP contribution in [0.4, 0.5) is 0 Å². The molecule has 2 rings (SSSR count). The monoisotopic (exact) mass is 262 g/mol. The van der Waals surface area contributed by atoms with Gasteiger partial charge < -0.3 is 14.4 Å². The molecule has 5 heteroatoms. The summed E-state index contributed by atoms with van der Waals surface area (Å²) < 4.78 is 10.2. The molecule has 0 amide bonds. The van der Waals surface area contributed by atoms with Crippen molar-refractivity contribution in [2.24, 2.45) is 5.92 Å². The number of ether oxygens (including phenoxy) is 1. The fourth-order valence-electron chi connectivity index (χ4n) is 1.74. The Morgan fingerprint density at radius 2 is 2.16 bits per heavy atom. The number of aromatic nitrogens is 2. The van der Waals surface area contributed by atoms with Gasteiger partial charge in [0.2, 0.25) is 0 Å². The molecule has 0 bridgehead atoms. The summed E-state index contributed by atoms with van der Waals surface area (Å²) in [5.41, 5.74) is 0.489. The molecule has 0 aliphatic carbocycles. The molecule has 0 saturated carbocycles. The van der Waals surface area contributed by atoms with E-state index in [-0.39, 0.29) is 5.75 Å². The highest BCUT2D eigenvalue weighted by atomic mass is 16.5. The van der Waals surface area contributed by atoms with Crippen LogP contribution in [0.1, 0.15) is 26.1 Å². The summed E-state index contributed by atoms with van der Waals surface area (Å²) in [5.74, 6) is 1.97. The van der Waals surface area contributed by atoms with E-state index in [2.05, 4.69) is 24.0 Å². The standard InChI is InChI=1S/C14H18N2O3/c1-9(2)7-8-12-15-14(19-16-12)10-5-4-6-11(18-3)13(10)17/h4-6,9,17H,7-8H2,1-3H3. The molecule has 0 fully saturated rings. The highest BCUT2D eigenvalue weighted by molar-refractivity contribution is 5.66. The van der Waals surface area contributed by atoms with Crippen molar-refractivity contribution in [1.29, 1.82) is 0 Å². The van der Waals surface area contributed by atoms with Crippen LogP contribution >= 0.6 is 0 Å². The van der Waals surface area contributed by atoms with Crippen molar-refractivity contribution >= 4 is 0 Å². The topological polar surface area (TPSA) is 68.4 Å². The van der Waals surface area contributed by atoms with Crippen molar-refractivity contribution in [3.05, 3.63) is 24.0 Å². The lowest BCUT2D eigenvalue weighted by molar-refractivity contribution is 0.371. The molecule has 1 aromatic carbocycles. The molecule has 1 heterocycles. The van der Waals surface area contributed by atoms with E-state index in [1.165, 1.54) is 7.11 Å². The van der Waals surface area contributed by atoms with Gasteiger partial charge >= 0.3 is 0 Å². The number of aromatic hydroxyl groups is 1. The Hall–Kier alpha value is -2.04. The van der Waals surface area contributed by atoms with Gasteiger partial charge in [-0.1, -0.05) is 25.1 Å². The third-order valence-corrected chi connectivity index (χ3v) is 2.86. The molecule has 0 spiro atoms. The summed E-state index contributed by atoms with van der Waals surface area (Å²) in [4.78, 5) is 4.30. The van der Waals surface area contributed by atoms with Gasteiger partial charge in [-0.25, -0.2) is 0 Å².